The minimum atomic E-state index is -3.67. The van der Waals surface area contributed by atoms with Crippen molar-refractivity contribution >= 4 is 38.9 Å². The Hall–Kier alpha value is -2.83. The molecule has 1 amide bonds. The van der Waals surface area contributed by atoms with Crippen LogP contribution in [0.25, 0.3) is 0 Å². The molecule has 2 N–H and O–H groups in total. The highest BCUT2D eigenvalue weighted by molar-refractivity contribution is 7.92. The fraction of sp³-hybridized carbons (Fsp3) is 0.174. The number of nitrogens with one attached hydrogen (secondary N) is 2. The van der Waals surface area contributed by atoms with Gasteiger partial charge in [-0.3, -0.25) is 9.52 Å². The molecule has 3 aromatic carbocycles. The number of sulfonamides is 1. The minimum Gasteiger partial charge on any atom is -0.326 e. The van der Waals surface area contributed by atoms with Crippen LogP contribution in [0.5, 0.6) is 0 Å². The van der Waals surface area contributed by atoms with Gasteiger partial charge in [0.15, 0.2) is 0 Å². The zero-order valence-electron chi connectivity index (χ0n) is 16.8. The molecule has 0 aliphatic carbocycles. The van der Waals surface area contributed by atoms with E-state index in [-0.39, 0.29) is 17.2 Å². The van der Waals surface area contributed by atoms with Crippen molar-refractivity contribution in [1.29, 1.82) is 0 Å². The Balaban J connectivity index is 1.59. The van der Waals surface area contributed by atoms with Gasteiger partial charge in [-0.05, 0) is 67.8 Å². The summed E-state index contributed by atoms with van der Waals surface area (Å²) in [6.07, 6.45) is 0.775. The van der Waals surface area contributed by atoms with Crippen molar-refractivity contribution in [2.24, 2.45) is 0 Å². The van der Waals surface area contributed by atoms with Crippen molar-refractivity contribution in [3.8, 4) is 0 Å². The van der Waals surface area contributed by atoms with E-state index in [9.17, 15) is 13.2 Å². The van der Waals surface area contributed by atoms with Gasteiger partial charge in [-0.1, -0.05) is 47.5 Å². The molecule has 0 radical (unpaired) electrons. The lowest BCUT2D eigenvalue weighted by molar-refractivity contribution is -0.116. The largest absolute Gasteiger partial charge is 0.326 e. The third-order valence-electron chi connectivity index (χ3n) is 4.72. The molecule has 0 saturated carbocycles. The van der Waals surface area contributed by atoms with Gasteiger partial charge in [0.25, 0.3) is 10.0 Å². The van der Waals surface area contributed by atoms with Crippen LogP contribution in [-0.4, -0.2) is 14.3 Å². The Bertz CT molecular complexity index is 1140. The number of aryl methyl sites for hydroxylation is 2. The number of carbonyl (C=O) groups is 1. The molecule has 0 fully saturated rings. The second-order valence-electron chi connectivity index (χ2n) is 7.08. The molecule has 0 saturated heterocycles. The first kappa shape index (κ1) is 21.9. The van der Waals surface area contributed by atoms with Crippen LogP contribution in [0.1, 0.15) is 23.1 Å². The molecular formula is C23H23ClN2O3S. The van der Waals surface area contributed by atoms with Gasteiger partial charge >= 0.3 is 0 Å². The number of carbonyl (C=O) groups excluding carboxylic acids is 1. The van der Waals surface area contributed by atoms with Crippen molar-refractivity contribution in [1.82, 2.24) is 0 Å². The predicted molar refractivity (Wildman–Crippen MR) is 122 cm³/mol. The molecule has 3 aromatic rings. The lowest BCUT2D eigenvalue weighted by Crippen LogP contribution is -2.14. The number of hydrogen-bond acceptors (Lipinski definition) is 3. The average Bonchev–Trinajstić information content (AvgIpc) is 2.72. The van der Waals surface area contributed by atoms with Crippen molar-refractivity contribution in [3.63, 3.8) is 0 Å². The van der Waals surface area contributed by atoms with E-state index in [4.69, 9.17) is 11.6 Å². The normalized spacial score (nSPS) is 11.2. The molecule has 0 unspecified atom stereocenters. The highest BCUT2D eigenvalue weighted by atomic mass is 35.5. The van der Waals surface area contributed by atoms with E-state index in [2.05, 4.69) is 10.0 Å². The summed E-state index contributed by atoms with van der Waals surface area (Å²) in [4.78, 5) is 12.4. The second-order valence-corrected chi connectivity index (χ2v) is 9.17. The predicted octanol–water partition coefficient (Wildman–Crippen LogP) is 5.33. The molecule has 30 heavy (non-hydrogen) atoms. The van der Waals surface area contributed by atoms with Crippen LogP contribution < -0.4 is 10.0 Å². The highest BCUT2D eigenvalue weighted by Crippen LogP contribution is 2.23. The maximum atomic E-state index is 12.5. The zero-order valence-corrected chi connectivity index (χ0v) is 18.3. The van der Waals surface area contributed by atoms with E-state index in [1.54, 1.807) is 54.6 Å². The molecule has 3 rings (SSSR count). The molecule has 0 aliphatic heterocycles. The maximum Gasteiger partial charge on any atom is 0.261 e. The van der Waals surface area contributed by atoms with Crippen LogP contribution in [0.4, 0.5) is 11.4 Å². The molecule has 0 aliphatic rings. The van der Waals surface area contributed by atoms with Crippen molar-refractivity contribution < 1.29 is 13.2 Å². The summed E-state index contributed by atoms with van der Waals surface area (Å²) in [6, 6.07) is 19.0. The molecule has 0 heterocycles. The molecule has 0 bridgehead atoms. The topological polar surface area (TPSA) is 75.3 Å². The van der Waals surface area contributed by atoms with Gasteiger partial charge in [-0.15, -0.1) is 0 Å². The molecule has 5 nitrogen and oxygen atoms in total. The lowest BCUT2D eigenvalue weighted by atomic mass is 10.1. The van der Waals surface area contributed by atoms with Crippen LogP contribution in [-0.2, 0) is 21.2 Å². The van der Waals surface area contributed by atoms with Gasteiger partial charge in [-0.25, -0.2) is 8.42 Å². The van der Waals surface area contributed by atoms with E-state index in [0.717, 1.165) is 16.7 Å². The molecular weight excluding hydrogens is 420 g/mol. The molecule has 0 atom stereocenters. The number of benzene rings is 3. The first-order valence-corrected chi connectivity index (χ1v) is 11.3. The smallest absolute Gasteiger partial charge is 0.261 e. The monoisotopic (exact) mass is 442 g/mol. The van der Waals surface area contributed by atoms with Gasteiger partial charge in [-0.2, -0.15) is 0 Å². The number of anilines is 2. The van der Waals surface area contributed by atoms with E-state index in [0.29, 0.717) is 22.8 Å². The molecule has 0 spiro atoms. The number of hydrogen-bond donors (Lipinski definition) is 2. The van der Waals surface area contributed by atoms with Crippen LogP contribution in [0, 0.1) is 13.8 Å². The Morgan fingerprint density at radius 1 is 0.933 bits per heavy atom. The van der Waals surface area contributed by atoms with E-state index >= 15 is 0 Å². The van der Waals surface area contributed by atoms with Crippen molar-refractivity contribution in [2.45, 2.75) is 31.6 Å². The molecule has 0 aromatic heterocycles. The van der Waals surface area contributed by atoms with Gasteiger partial charge in [0.2, 0.25) is 5.91 Å². The van der Waals surface area contributed by atoms with Crippen LogP contribution in [0.15, 0.2) is 71.6 Å². The fourth-order valence-electron chi connectivity index (χ4n) is 2.88. The quantitative estimate of drug-likeness (QED) is 0.519. The highest BCUT2D eigenvalue weighted by Gasteiger charge is 2.14. The van der Waals surface area contributed by atoms with E-state index < -0.39 is 10.0 Å². The summed E-state index contributed by atoms with van der Waals surface area (Å²) in [7, 11) is -3.67. The number of amides is 1. The minimum absolute atomic E-state index is 0.127. The molecule has 156 valence electrons. The first-order valence-electron chi connectivity index (χ1n) is 9.48. The standard InChI is InChI=1S/C23H23ClN2O3S/c1-16-6-11-19(12-7-16)26-30(28,29)20-13-8-18(9-14-20)10-15-23(27)25-22-5-3-4-21(24)17(22)2/h3-9,11-14,26H,10,15H2,1-2H3,(H,25,27). The van der Waals surface area contributed by atoms with Gasteiger partial charge < -0.3 is 5.32 Å². The first-order chi connectivity index (χ1) is 14.2. The Kier molecular flexibility index (Phi) is 6.80. The Morgan fingerprint density at radius 3 is 2.27 bits per heavy atom. The third-order valence-corrected chi connectivity index (χ3v) is 6.53. The Labute approximate surface area is 182 Å². The van der Waals surface area contributed by atoms with E-state index in [1.807, 2.05) is 26.0 Å². The summed E-state index contributed by atoms with van der Waals surface area (Å²) >= 11 is 6.07. The summed E-state index contributed by atoms with van der Waals surface area (Å²) in [5.74, 6) is -0.127. The fourth-order valence-corrected chi connectivity index (χ4v) is 4.12. The van der Waals surface area contributed by atoms with Gasteiger partial charge in [0, 0.05) is 22.8 Å². The summed E-state index contributed by atoms with van der Waals surface area (Å²) < 4.78 is 27.6. The number of rotatable bonds is 7. The third kappa shape index (κ3) is 5.62. The van der Waals surface area contributed by atoms with Gasteiger partial charge in [0.1, 0.15) is 0 Å². The summed E-state index contributed by atoms with van der Waals surface area (Å²) in [5, 5.41) is 3.46. The second kappa shape index (κ2) is 9.32. The van der Waals surface area contributed by atoms with Crippen molar-refractivity contribution in [3.05, 3.63) is 88.4 Å². The zero-order chi connectivity index (χ0) is 21.7. The van der Waals surface area contributed by atoms with Crippen LogP contribution >= 0.6 is 11.6 Å². The summed E-state index contributed by atoms with van der Waals surface area (Å²) in [6.45, 7) is 3.79. The van der Waals surface area contributed by atoms with Crippen LogP contribution in [0.3, 0.4) is 0 Å². The number of halogens is 1. The van der Waals surface area contributed by atoms with Gasteiger partial charge in [0.05, 0.1) is 4.90 Å². The SMILES string of the molecule is Cc1ccc(NS(=O)(=O)c2ccc(CCC(=O)Nc3cccc(Cl)c3C)cc2)cc1. The molecule has 7 heteroatoms. The average molecular weight is 443 g/mol. The maximum absolute atomic E-state index is 12.5. The van der Waals surface area contributed by atoms with E-state index in [1.165, 1.54) is 0 Å². The lowest BCUT2D eigenvalue weighted by Gasteiger charge is -2.10. The summed E-state index contributed by atoms with van der Waals surface area (Å²) in [5.41, 5.74) is 3.95. The Morgan fingerprint density at radius 2 is 1.60 bits per heavy atom. The van der Waals surface area contributed by atoms with Crippen molar-refractivity contribution in [2.75, 3.05) is 10.0 Å². The van der Waals surface area contributed by atoms with Crippen LogP contribution in [0.2, 0.25) is 5.02 Å².